The van der Waals surface area contributed by atoms with Crippen LogP contribution in [-0.4, -0.2) is 29.7 Å². The maximum atomic E-state index is 5.39. The van der Waals surface area contributed by atoms with Gasteiger partial charge in [0, 0.05) is 19.2 Å². The second kappa shape index (κ2) is 6.34. The molecule has 4 nitrogen and oxygen atoms in total. The minimum atomic E-state index is 0.669. The van der Waals surface area contributed by atoms with E-state index in [9.17, 15) is 0 Å². The van der Waals surface area contributed by atoms with Crippen LogP contribution >= 0.6 is 0 Å². The van der Waals surface area contributed by atoms with Crippen molar-refractivity contribution < 1.29 is 4.52 Å². The fourth-order valence-electron chi connectivity index (χ4n) is 2.39. The molecule has 1 unspecified atom stereocenters. The standard InChI is InChI=1S/C14H25N3O/c1-11(2)7-15-8-13-6-14(18-16-13)10-17-5-4-12(3)9-17/h6,11-12,15H,4-5,7-10H2,1-3H3. The molecule has 1 aliphatic heterocycles. The Labute approximate surface area is 110 Å². The molecule has 1 fully saturated rings. The highest BCUT2D eigenvalue weighted by Crippen LogP contribution is 2.18. The molecule has 0 aromatic carbocycles. The van der Waals surface area contributed by atoms with E-state index < -0.39 is 0 Å². The molecule has 1 saturated heterocycles. The fourth-order valence-corrected chi connectivity index (χ4v) is 2.39. The summed E-state index contributed by atoms with van der Waals surface area (Å²) < 4.78 is 5.39. The van der Waals surface area contributed by atoms with Crippen LogP contribution in [-0.2, 0) is 13.1 Å². The lowest BCUT2D eigenvalue weighted by Gasteiger charge is -2.11. The van der Waals surface area contributed by atoms with Crippen molar-refractivity contribution >= 4 is 0 Å². The smallest absolute Gasteiger partial charge is 0.151 e. The average Bonchev–Trinajstić information content (AvgIpc) is 2.89. The van der Waals surface area contributed by atoms with E-state index in [2.05, 4.69) is 42.2 Å². The monoisotopic (exact) mass is 251 g/mol. The number of likely N-dealkylation sites (tertiary alicyclic amines) is 1. The largest absolute Gasteiger partial charge is 0.360 e. The summed E-state index contributed by atoms with van der Waals surface area (Å²) in [4.78, 5) is 2.44. The zero-order valence-corrected chi connectivity index (χ0v) is 11.8. The van der Waals surface area contributed by atoms with Gasteiger partial charge < -0.3 is 9.84 Å². The van der Waals surface area contributed by atoms with Crippen LogP contribution in [0.2, 0.25) is 0 Å². The molecule has 2 heterocycles. The molecule has 102 valence electrons. The van der Waals surface area contributed by atoms with Gasteiger partial charge in [-0.3, -0.25) is 4.90 Å². The van der Waals surface area contributed by atoms with E-state index in [4.69, 9.17) is 4.52 Å². The number of aromatic nitrogens is 1. The Bertz CT molecular complexity index is 362. The molecule has 0 saturated carbocycles. The molecule has 0 amide bonds. The van der Waals surface area contributed by atoms with Gasteiger partial charge in [0.15, 0.2) is 5.76 Å². The van der Waals surface area contributed by atoms with Crippen LogP contribution in [0.1, 0.15) is 38.6 Å². The summed E-state index contributed by atoms with van der Waals surface area (Å²) in [7, 11) is 0. The molecule has 1 aromatic heterocycles. The summed E-state index contributed by atoms with van der Waals surface area (Å²) in [5.74, 6) is 2.48. The Morgan fingerprint density at radius 1 is 1.56 bits per heavy atom. The van der Waals surface area contributed by atoms with Crippen molar-refractivity contribution in [1.29, 1.82) is 0 Å². The lowest BCUT2D eigenvalue weighted by Crippen LogP contribution is -2.19. The molecule has 18 heavy (non-hydrogen) atoms. The summed E-state index contributed by atoms with van der Waals surface area (Å²) in [6.07, 6.45) is 1.30. The Kier molecular flexibility index (Phi) is 4.78. The highest BCUT2D eigenvalue weighted by Gasteiger charge is 2.19. The van der Waals surface area contributed by atoms with Crippen LogP contribution in [0.4, 0.5) is 0 Å². The van der Waals surface area contributed by atoms with Crippen LogP contribution in [0.25, 0.3) is 0 Å². The van der Waals surface area contributed by atoms with Gasteiger partial charge >= 0.3 is 0 Å². The normalized spacial score (nSPS) is 21.0. The molecule has 0 radical (unpaired) electrons. The first-order chi connectivity index (χ1) is 8.63. The highest BCUT2D eigenvalue weighted by atomic mass is 16.5. The maximum Gasteiger partial charge on any atom is 0.151 e. The van der Waals surface area contributed by atoms with Gasteiger partial charge in [-0.2, -0.15) is 0 Å². The molecular formula is C14H25N3O. The lowest BCUT2D eigenvalue weighted by atomic mass is 10.2. The molecule has 0 bridgehead atoms. The predicted molar refractivity (Wildman–Crippen MR) is 72.1 cm³/mol. The molecule has 0 spiro atoms. The van der Waals surface area contributed by atoms with E-state index in [0.717, 1.165) is 37.0 Å². The average molecular weight is 251 g/mol. The van der Waals surface area contributed by atoms with Crippen LogP contribution in [0.15, 0.2) is 10.6 Å². The van der Waals surface area contributed by atoms with Crippen molar-refractivity contribution in [1.82, 2.24) is 15.4 Å². The summed E-state index contributed by atoms with van der Waals surface area (Å²) >= 11 is 0. The molecule has 1 atom stereocenters. The molecule has 1 aliphatic rings. The van der Waals surface area contributed by atoms with Gasteiger partial charge in [0.2, 0.25) is 0 Å². The maximum absolute atomic E-state index is 5.39. The Morgan fingerprint density at radius 2 is 2.39 bits per heavy atom. The van der Waals surface area contributed by atoms with Gasteiger partial charge in [-0.15, -0.1) is 0 Å². The summed E-state index contributed by atoms with van der Waals surface area (Å²) in [5.41, 5.74) is 1.01. The van der Waals surface area contributed by atoms with Gasteiger partial charge in [0.05, 0.1) is 12.2 Å². The molecule has 1 N–H and O–H groups in total. The SMILES string of the molecule is CC(C)CNCc1cc(CN2CCC(C)C2)on1. The number of hydrogen-bond donors (Lipinski definition) is 1. The van der Waals surface area contributed by atoms with Gasteiger partial charge in [0.25, 0.3) is 0 Å². The zero-order chi connectivity index (χ0) is 13.0. The zero-order valence-electron chi connectivity index (χ0n) is 11.8. The molecule has 4 heteroatoms. The molecule has 0 aliphatic carbocycles. The number of rotatable bonds is 6. The van der Waals surface area contributed by atoms with Crippen LogP contribution in [0, 0.1) is 11.8 Å². The number of hydrogen-bond acceptors (Lipinski definition) is 4. The van der Waals surface area contributed by atoms with Crippen molar-refractivity contribution in [3.8, 4) is 0 Å². The minimum absolute atomic E-state index is 0.669. The number of nitrogens with one attached hydrogen (secondary N) is 1. The van der Waals surface area contributed by atoms with Gasteiger partial charge in [-0.1, -0.05) is 25.9 Å². The highest BCUT2D eigenvalue weighted by molar-refractivity contribution is 5.05. The first kappa shape index (κ1) is 13.6. The van der Waals surface area contributed by atoms with E-state index in [-0.39, 0.29) is 0 Å². The first-order valence-corrected chi connectivity index (χ1v) is 7.01. The summed E-state index contributed by atoms with van der Waals surface area (Å²) in [6.45, 7) is 11.8. The van der Waals surface area contributed by atoms with Crippen LogP contribution in [0.5, 0.6) is 0 Å². The van der Waals surface area contributed by atoms with Crippen LogP contribution in [0.3, 0.4) is 0 Å². The van der Waals surface area contributed by atoms with E-state index in [1.807, 2.05) is 0 Å². The van der Waals surface area contributed by atoms with E-state index in [0.29, 0.717) is 5.92 Å². The number of nitrogens with zero attached hydrogens (tertiary/aromatic N) is 2. The van der Waals surface area contributed by atoms with E-state index in [1.165, 1.54) is 19.5 Å². The molecule has 2 rings (SSSR count). The van der Waals surface area contributed by atoms with Crippen molar-refractivity contribution in [3.63, 3.8) is 0 Å². The minimum Gasteiger partial charge on any atom is -0.360 e. The third kappa shape index (κ3) is 4.10. The van der Waals surface area contributed by atoms with Gasteiger partial charge in [0.1, 0.15) is 0 Å². The third-order valence-electron chi connectivity index (χ3n) is 3.35. The van der Waals surface area contributed by atoms with Gasteiger partial charge in [-0.05, 0) is 31.3 Å². The van der Waals surface area contributed by atoms with Crippen LogP contribution < -0.4 is 5.32 Å². The fraction of sp³-hybridized carbons (Fsp3) is 0.786. The van der Waals surface area contributed by atoms with Gasteiger partial charge in [-0.25, -0.2) is 0 Å². The topological polar surface area (TPSA) is 41.3 Å². The van der Waals surface area contributed by atoms with Crippen molar-refractivity contribution in [3.05, 3.63) is 17.5 Å². The molecular weight excluding hydrogens is 226 g/mol. The summed E-state index contributed by atoms with van der Waals surface area (Å²) in [6, 6.07) is 2.08. The van der Waals surface area contributed by atoms with Crippen molar-refractivity contribution in [2.24, 2.45) is 11.8 Å². The Morgan fingerprint density at radius 3 is 3.06 bits per heavy atom. The lowest BCUT2D eigenvalue weighted by molar-refractivity contribution is 0.266. The first-order valence-electron chi connectivity index (χ1n) is 7.01. The van der Waals surface area contributed by atoms with E-state index >= 15 is 0 Å². The second-order valence-electron chi connectivity index (χ2n) is 5.94. The van der Waals surface area contributed by atoms with Crippen molar-refractivity contribution in [2.45, 2.75) is 40.3 Å². The Hall–Kier alpha value is -0.870. The molecule has 1 aromatic rings. The van der Waals surface area contributed by atoms with E-state index in [1.54, 1.807) is 0 Å². The summed E-state index contributed by atoms with van der Waals surface area (Å²) in [5, 5.41) is 7.49. The quantitative estimate of drug-likeness (QED) is 0.842. The third-order valence-corrected chi connectivity index (χ3v) is 3.35. The predicted octanol–water partition coefficient (Wildman–Crippen LogP) is 2.26. The second-order valence-corrected chi connectivity index (χ2v) is 5.94. The van der Waals surface area contributed by atoms with Crippen molar-refractivity contribution in [2.75, 3.05) is 19.6 Å². The Balaban J connectivity index is 1.75.